The van der Waals surface area contributed by atoms with E-state index >= 15 is 0 Å². The molecule has 21 heavy (non-hydrogen) atoms. The Balaban J connectivity index is 1.61. The van der Waals surface area contributed by atoms with Gasteiger partial charge in [0.25, 0.3) is 0 Å². The second-order valence-electron chi connectivity index (χ2n) is 9.07. The first kappa shape index (κ1) is 15.8. The van der Waals surface area contributed by atoms with E-state index in [1.165, 1.54) is 58.2 Å². The minimum atomic E-state index is 0.618. The van der Waals surface area contributed by atoms with Crippen molar-refractivity contribution in [1.82, 2.24) is 10.2 Å². The second kappa shape index (κ2) is 6.20. The maximum Gasteiger partial charge on any atom is 0.0244 e. The molecule has 3 aliphatic rings. The topological polar surface area (TPSA) is 15.3 Å². The van der Waals surface area contributed by atoms with Crippen molar-refractivity contribution in [1.29, 1.82) is 0 Å². The minimum Gasteiger partial charge on any atom is -0.311 e. The summed E-state index contributed by atoms with van der Waals surface area (Å²) in [6, 6.07) is 1.52. The van der Waals surface area contributed by atoms with Crippen LogP contribution in [0.2, 0.25) is 0 Å². The summed E-state index contributed by atoms with van der Waals surface area (Å²) in [5.74, 6) is 2.66. The minimum absolute atomic E-state index is 0.618. The summed E-state index contributed by atoms with van der Waals surface area (Å²) in [6.07, 6.45) is 8.77. The average Bonchev–Trinajstić information content (AvgIpc) is 3.06. The van der Waals surface area contributed by atoms with Gasteiger partial charge in [-0.2, -0.15) is 0 Å². The molecular formula is C19H36N2. The molecule has 0 radical (unpaired) electrons. The highest BCUT2D eigenvalue weighted by molar-refractivity contribution is 5.00. The summed E-state index contributed by atoms with van der Waals surface area (Å²) in [4.78, 5) is 2.86. The highest BCUT2D eigenvalue weighted by Gasteiger charge is 2.47. The van der Waals surface area contributed by atoms with Gasteiger partial charge >= 0.3 is 0 Å². The first-order valence-electron chi connectivity index (χ1n) is 9.45. The molecule has 3 fully saturated rings. The van der Waals surface area contributed by atoms with E-state index in [4.69, 9.17) is 0 Å². The molecule has 1 heterocycles. The fraction of sp³-hybridized carbons (Fsp3) is 1.00. The van der Waals surface area contributed by atoms with Gasteiger partial charge in [-0.3, -0.25) is 4.90 Å². The van der Waals surface area contributed by atoms with Crippen molar-refractivity contribution in [2.75, 3.05) is 19.6 Å². The van der Waals surface area contributed by atoms with Crippen molar-refractivity contribution >= 4 is 0 Å². The Kier molecular flexibility index (Phi) is 4.66. The van der Waals surface area contributed by atoms with Crippen LogP contribution in [0.4, 0.5) is 0 Å². The van der Waals surface area contributed by atoms with Gasteiger partial charge < -0.3 is 5.32 Å². The Morgan fingerprint density at radius 1 is 1.14 bits per heavy atom. The van der Waals surface area contributed by atoms with E-state index in [2.05, 4.69) is 37.9 Å². The van der Waals surface area contributed by atoms with Gasteiger partial charge in [0, 0.05) is 31.7 Å². The van der Waals surface area contributed by atoms with E-state index in [0.717, 1.165) is 29.8 Å². The van der Waals surface area contributed by atoms with E-state index < -0.39 is 0 Å². The average molecular weight is 293 g/mol. The lowest BCUT2D eigenvalue weighted by Gasteiger charge is -2.45. The first-order chi connectivity index (χ1) is 9.97. The van der Waals surface area contributed by atoms with Gasteiger partial charge in [0.2, 0.25) is 0 Å². The molecule has 3 unspecified atom stereocenters. The van der Waals surface area contributed by atoms with Crippen LogP contribution in [0, 0.1) is 23.2 Å². The molecule has 2 saturated carbocycles. The maximum atomic E-state index is 3.92. The van der Waals surface area contributed by atoms with E-state index in [9.17, 15) is 0 Å². The normalized spacial score (nSPS) is 37.9. The fourth-order valence-corrected chi connectivity index (χ4v) is 4.74. The molecule has 1 aliphatic heterocycles. The smallest absolute Gasteiger partial charge is 0.0244 e. The lowest BCUT2D eigenvalue weighted by Crippen LogP contribution is -2.60. The highest BCUT2D eigenvalue weighted by atomic mass is 15.2. The Morgan fingerprint density at radius 2 is 1.81 bits per heavy atom. The SMILES string of the molecule is CC(C)C1CNC(C2CCCCC2)CN1CC1CC1(C)C. The van der Waals surface area contributed by atoms with E-state index in [1.807, 2.05) is 0 Å². The van der Waals surface area contributed by atoms with Crippen molar-refractivity contribution in [3.05, 3.63) is 0 Å². The third-order valence-electron chi connectivity index (χ3n) is 6.65. The van der Waals surface area contributed by atoms with Crippen LogP contribution in [0.25, 0.3) is 0 Å². The molecule has 0 bridgehead atoms. The molecule has 0 aromatic heterocycles. The molecule has 0 aromatic rings. The van der Waals surface area contributed by atoms with Crippen LogP contribution >= 0.6 is 0 Å². The number of hydrogen-bond acceptors (Lipinski definition) is 2. The van der Waals surface area contributed by atoms with Crippen molar-refractivity contribution < 1.29 is 0 Å². The third kappa shape index (κ3) is 3.64. The van der Waals surface area contributed by atoms with Crippen LogP contribution in [-0.2, 0) is 0 Å². The lowest BCUT2D eigenvalue weighted by molar-refractivity contribution is 0.0654. The molecule has 2 nitrogen and oxygen atoms in total. The first-order valence-corrected chi connectivity index (χ1v) is 9.45. The van der Waals surface area contributed by atoms with Gasteiger partial charge in [0.05, 0.1) is 0 Å². The molecule has 0 spiro atoms. The largest absolute Gasteiger partial charge is 0.311 e. The summed E-state index contributed by atoms with van der Waals surface area (Å²) in [5.41, 5.74) is 0.618. The zero-order valence-corrected chi connectivity index (χ0v) is 14.7. The van der Waals surface area contributed by atoms with Crippen molar-refractivity contribution in [3.8, 4) is 0 Å². The van der Waals surface area contributed by atoms with Crippen LogP contribution in [0.5, 0.6) is 0 Å². The van der Waals surface area contributed by atoms with Crippen molar-refractivity contribution in [3.63, 3.8) is 0 Å². The predicted octanol–water partition coefficient (Wildman–Crippen LogP) is 3.91. The molecule has 2 aliphatic carbocycles. The Bertz CT molecular complexity index is 343. The Hall–Kier alpha value is -0.0800. The van der Waals surface area contributed by atoms with Crippen LogP contribution < -0.4 is 5.32 Å². The molecule has 1 saturated heterocycles. The molecule has 122 valence electrons. The van der Waals surface area contributed by atoms with Gasteiger partial charge in [0.1, 0.15) is 0 Å². The molecule has 3 atom stereocenters. The molecule has 2 heteroatoms. The van der Waals surface area contributed by atoms with Crippen LogP contribution in [0.3, 0.4) is 0 Å². The zero-order valence-electron chi connectivity index (χ0n) is 14.7. The third-order valence-corrected chi connectivity index (χ3v) is 6.65. The number of nitrogens with zero attached hydrogens (tertiary/aromatic N) is 1. The van der Waals surface area contributed by atoms with E-state index in [1.54, 1.807) is 0 Å². The van der Waals surface area contributed by atoms with Gasteiger partial charge in [-0.05, 0) is 42.4 Å². The zero-order chi connectivity index (χ0) is 15.0. The van der Waals surface area contributed by atoms with Gasteiger partial charge in [-0.25, -0.2) is 0 Å². The molecule has 1 N–H and O–H groups in total. The van der Waals surface area contributed by atoms with Crippen LogP contribution in [0.1, 0.15) is 66.2 Å². The number of piperazine rings is 1. The summed E-state index contributed by atoms with van der Waals surface area (Å²) in [7, 11) is 0. The second-order valence-corrected chi connectivity index (χ2v) is 9.07. The fourth-order valence-electron chi connectivity index (χ4n) is 4.74. The summed E-state index contributed by atoms with van der Waals surface area (Å²) >= 11 is 0. The van der Waals surface area contributed by atoms with Gasteiger partial charge in [-0.1, -0.05) is 47.0 Å². The highest BCUT2D eigenvalue weighted by Crippen LogP contribution is 2.52. The van der Waals surface area contributed by atoms with Crippen LogP contribution in [0.15, 0.2) is 0 Å². The maximum absolute atomic E-state index is 3.92. The quantitative estimate of drug-likeness (QED) is 0.845. The standard InChI is InChI=1S/C19H36N2/c1-14(2)18-11-20-17(15-8-6-5-7-9-15)13-21(18)12-16-10-19(16,3)4/h14-18,20H,5-13H2,1-4H3. The van der Waals surface area contributed by atoms with Crippen LogP contribution in [-0.4, -0.2) is 36.6 Å². The molecule has 0 aromatic carbocycles. The summed E-state index contributed by atoms with van der Waals surface area (Å²) in [6.45, 7) is 13.6. The molecular weight excluding hydrogens is 256 g/mol. The molecule has 0 amide bonds. The van der Waals surface area contributed by atoms with E-state index in [-0.39, 0.29) is 0 Å². The predicted molar refractivity (Wildman–Crippen MR) is 90.5 cm³/mol. The monoisotopic (exact) mass is 292 g/mol. The molecule has 3 rings (SSSR count). The lowest BCUT2D eigenvalue weighted by atomic mass is 9.82. The summed E-state index contributed by atoms with van der Waals surface area (Å²) in [5, 5.41) is 3.92. The summed E-state index contributed by atoms with van der Waals surface area (Å²) < 4.78 is 0. The van der Waals surface area contributed by atoms with Crippen molar-refractivity contribution in [2.45, 2.75) is 78.3 Å². The number of rotatable bonds is 4. The number of nitrogens with one attached hydrogen (secondary N) is 1. The Labute approximate surface area is 132 Å². The number of hydrogen-bond donors (Lipinski definition) is 1. The van der Waals surface area contributed by atoms with Gasteiger partial charge in [0.15, 0.2) is 0 Å². The van der Waals surface area contributed by atoms with Crippen molar-refractivity contribution in [2.24, 2.45) is 23.2 Å². The Morgan fingerprint density at radius 3 is 2.38 bits per heavy atom. The van der Waals surface area contributed by atoms with E-state index in [0.29, 0.717) is 5.41 Å². The van der Waals surface area contributed by atoms with Gasteiger partial charge in [-0.15, -0.1) is 0 Å².